The molecule has 1 amide bonds. The van der Waals surface area contributed by atoms with Gasteiger partial charge in [-0.05, 0) is 49.1 Å². The van der Waals surface area contributed by atoms with Gasteiger partial charge in [0.25, 0.3) is 5.91 Å². The molecule has 3 aromatic rings. The van der Waals surface area contributed by atoms with Crippen LogP contribution in [0.25, 0.3) is 11.3 Å². The summed E-state index contributed by atoms with van der Waals surface area (Å²) in [6, 6.07) is 5.60. The minimum absolute atomic E-state index is 0.258. The predicted octanol–water partition coefficient (Wildman–Crippen LogP) is 3.84. The smallest absolute Gasteiger partial charge is 0.273 e. The maximum Gasteiger partial charge on any atom is 0.273 e. The van der Waals surface area contributed by atoms with Crippen molar-refractivity contribution in [2.45, 2.75) is 33.6 Å². The van der Waals surface area contributed by atoms with E-state index in [0.717, 1.165) is 35.3 Å². The molecule has 0 atom stereocenters. The Morgan fingerprint density at radius 2 is 1.96 bits per heavy atom. The molecule has 0 aliphatic heterocycles. The van der Waals surface area contributed by atoms with Crippen LogP contribution in [0.5, 0.6) is 5.75 Å². The van der Waals surface area contributed by atoms with Gasteiger partial charge in [0.1, 0.15) is 12.1 Å². The molecule has 0 unspecified atom stereocenters. The molecule has 1 aromatic carbocycles. The molecule has 2 heterocycles. The normalized spacial score (nSPS) is 10.0. The Morgan fingerprint density at radius 1 is 1.21 bits per heavy atom. The summed E-state index contributed by atoms with van der Waals surface area (Å²) in [5.41, 5.74) is 3.06. The number of carbonyl (C=O) groups excluding carboxylic acids is 1. The number of nitrogens with zero attached hydrogens (tertiary/aromatic N) is 3. The molecule has 148 valence electrons. The molecule has 28 heavy (non-hydrogen) atoms. The van der Waals surface area contributed by atoms with Crippen molar-refractivity contribution in [1.82, 2.24) is 20.3 Å². The van der Waals surface area contributed by atoms with E-state index in [2.05, 4.69) is 20.3 Å². The molecule has 7 heteroatoms. The molecule has 0 spiro atoms. The Morgan fingerprint density at radius 3 is 2.64 bits per heavy atom. The summed E-state index contributed by atoms with van der Waals surface area (Å²) >= 11 is 0. The number of aryl methyl sites for hydroxylation is 2. The average molecular weight is 382 g/mol. The molecule has 0 aliphatic rings. The van der Waals surface area contributed by atoms with Crippen molar-refractivity contribution in [3.63, 3.8) is 0 Å². The highest BCUT2D eigenvalue weighted by molar-refractivity contribution is 5.97. The van der Waals surface area contributed by atoms with Gasteiger partial charge in [0.05, 0.1) is 7.11 Å². The molecule has 0 saturated heterocycles. The summed E-state index contributed by atoms with van der Waals surface area (Å²) in [6.45, 7) is 6.47. The highest BCUT2D eigenvalue weighted by Crippen LogP contribution is 2.28. The van der Waals surface area contributed by atoms with Gasteiger partial charge in [-0.3, -0.25) is 4.79 Å². The zero-order valence-corrected chi connectivity index (χ0v) is 16.7. The van der Waals surface area contributed by atoms with Crippen LogP contribution in [-0.2, 0) is 6.42 Å². The number of ether oxygens (including phenoxy) is 1. The van der Waals surface area contributed by atoms with Crippen molar-refractivity contribution in [2.75, 3.05) is 13.7 Å². The van der Waals surface area contributed by atoms with Crippen LogP contribution in [0.2, 0.25) is 0 Å². The summed E-state index contributed by atoms with van der Waals surface area (Å²) in [7, 11) is 1.62. The lowest BCUT2D eigenvalue weighted by Crippen LogP contribution is -2.25. The second kappa shape index (κ2) is 10.8. The Kier molecular flexibility index (Phi) is 8.14. The van der Waals surface area contributed by atoms with Crippen LogP contribution >= 0.6 is 0 Å². The second-order valence-electron chi connectivity index (χ2n) is 5.82. The number of aromatic nitrogens is 3. The Bertz CT molecular complexity index is 878. The lowest BCUT2D eigenvalue weighted by atomic mass is 10.1. The zero-order valence-electron chi connectivity index (χ0n) is 16.7. The van der Waals surface area contributed by atoms with Crippen LogP contribution in [0.4, 0.5) is 0 Å². The topological polar surface area (TPSA) is 90.1 Å². The van der Waals surface area contributed by atoms with Gasteiger partial charge in [0.15, 0.2) is 17.8 Å². The largest absolute Gasteiger partial charge is 0.496 e. The number of nitrogens with one attached hydrogen (secondary N) is 1. The van der Waals surface area contributed by atoms with Gasteiger partial charge in [-0.1, -0.05) is 13.8 Å². The monoisotopic (exact) mass is 382 g/mol. The van der Waals surface area contributed by atoms with Crippen molar-refractivity contribution >= 4 is 5.91 Å². The van der Waals surface area contributed by atoms with Crippen LogP contribution in [0.15, 0.2) is 47.7 Å². The summed E-state index contributed by atoms with van der Waals surface area (Å²) in [5, 5.41) is 2.88. The van der Waals surface area contributed by atoms with Crippen LogP contribution in [0.3, 0.4) is 0 Å². The van der Waals surface area contributed by atoms with Crippen molar-refractivity contribution < 1.29 is 13.9 Å². The van der Waals surface area contributed by atoms with Crippen LogP contribution in [-0.4, -0.2) is 34.5 Å². The number of methoxy groups -OCH3 is 1. The van der Waals surface area contributed by atoms with Crippen molar-refractivity contribution in [3.8, 4) is 17.1 Å². The summed E-state index contributed by atoms with van der Waals surface area (Å²) in [6.07, 6.45) is 7.91. The number of oxazole rings is 1. The maximum absolute atomic E-state index is 12.4. The van der Waals surface area contributed by atoms with Gasteiger partial charge in [0, 0.05) is 24.5 Å². The van der Waals surface area contributed by atoms with Crippen LogP contribution in [0.1, 0.15) is 41.9 Å². The Labute approximate surface area is 165 Å². The highest BCUT2D eigenvalue weighted by atomic mass is 16.5. The first-order valence-corrected chi connectivity index (χ1v) is 9.29. The molecule has 1 N–H and O–H groups in total. The number of benzene rings is 1. The van der Waals surface area contributed by atoms with E-state index in [0.29, 0.717) is 12.3 Å². The first-order chi connectivity index (χ1) is 13.7. The molecule has 0 aliphatic carbocycles. The van der Waals surface area contributed by atoms with E-state index in [4.69, 9.17) is 9.15 Å². The quantitative estimate of drug-likeness (QED) is 0.625. The fourth-order valence-corrected chi connectivity index (χ4v) is 2.67. The third-order valence-electron chi connectivity index (χ3n) is 3.98. The third kappa shape index (κ3) is 5.39. The lowest BCUT2D eigenvalue weighted by molar-refractivity contribution is 0.0949. The van der Waals surface area contributed by atoms with E-state index in [1.807, 2.05) is 39.0 Å². The first kappa shape index (κ1) is 21.1. The Hall–Kier alpha value is -3.22. The standard InChI is InChI=1S/C19H20N4O3.C2H6/c1-13-8-15(5-6-16(13)25-2)18-17(23-12-26-18)19(24)22-7-3-4-14-9-20-11-21-10-14;1-2/h5-6,8-12H,3-4,7H2,1-2H3,(H,22,24);1-2H3. The van der Waals surface area contributed by atoms with Gasteiger partial charge in [-0.15, -0.1) is 0 Å². The summed E-state index contributed by atoms with van der Waals surface area (Å²) in [5.74, 6) is 0.973. The van der Waals surface area contributed by atoms with E-state index < -0.39 is 0 Å². The van der Waals surface area contributed by atoms with E-state index in [-0.39, 0.29) is 11.6 Å². The highest BCUT2D eigenvalue weighted by Gasteiger charge is 2.18. The second-order valence-corrected chi connectivity index (χ2v) is 5.82. The Balaban J connectivity index is 0.00000136. The van der Waals surface area contributed by atoms with Gasteiger partial charge in [-0.2, -0.15) is 0 Å². The lowest BCUT2D eigenvalue weighted by Gasteiger charge is -2.07. The van der Waals surface area contributed by atoms with Crippen LogP contribution in [0, 0.1) is 6.92 Å². The van der Waals surface area contributed by atoms with E-state index in [9.17, 15) is 4.79 Å². The minimum atomic E-state index is -0.258. The van der Waals surface area contributed by atoms with Crippen molar-refractivity contribution in [3.05, 3.63) is 60.1 Å². The summed E-state index contributed by atoms with van der Waals surface area (Å²) < 4.78 is 10.7. The fraction of sp³-hybridized carbons (Fsp3) is 0.333. The number of hydrogen-bond acceptors (Lipinski definition) is 6. The van der Waals surface area contributed by atoms with Gasteiger partial charge >= 0.3 is 0 Å². The molecule has 3 rings (SSSR count). The maximum atomic E-state index is 12.4. The van der Waals surface area contributed by atoms with Gasteiger partial charge in [-0.25, -0.2) is 15.0 Å². The first-order valence-electron chi connectivity index (χ1n) is 9.29. The number of rotatable bonds is 7. The van der Waals surface area contributed by atoms with Gasteiger partial charge < -0.3 is 14.5 Å². The van der Waals surface area contributed by atoms with Crippen molar-refractivity contribution in [1.29, 1.82) is 0 Å². The number of hydrogen-bond donors (Lipinski definition) is 1. The molecule has 7 nitrogen and oxygen atoms in total. The average Bonchev–Trinajstić information content (AvgIpc) is 3.23. The molecule has 0 bridgehead atoms. The predicted molar refractivity (Wildman–Crippen MR) is 107 cm³/mol. The van der Waals surface area contributed by atoms with Crippen LogP contribution < -0.4 is 10.1 Å². The van der Waals surface area contributed by atoms with E-state index in [1.54, 1.807) is 19.5 Å². The molecular formula is C21H26N4O3. The fourth-order valence-electron chi connectivity index (χ4n) is 2.67. The van der Waals surface area contributed by atoms with Gasteiger partial charge in [0.2, 0.25) is 0 Å². The summed E-state index contributed by atoms with van der Waals surface area (Å²) in [4.78, 5) is 24.5. The van der Waals surface area contributed by atoms with Crippen molar-refractivity contribution in [2.24, 2.45) is 0 Å². The van der Waals surface area contributed by atoms with E-state index >= 15 is 0 Å². The third-order valence-corrected chi connectivity index (χ3v) is 3.98. The molecule has 2 aromatic heterocycles. The molecule has 0 fully saturated rings. The molecule has 0 radical (unpaired) electrons. The number of carbonyl (C=O) groups is 1. The van der Waals surface area contributed by atoms with E-state index in [1.165, 1.54) is 12.7 Å². The number of amides is 1. The minimum Gasteiger partial charge on any atom is -0.496 e. The molecular weight excluding hydrogens is 356 g/mol. The SMILES string of the molecule is CC.COc1ccc(-c2ocnc2C(=O)NCCCc2cncnc2)cc1C. The zero-order chi connectivity index (χ0) is 20.4. The molecule has 0 saturated carbocycles.